The van der Waals surface area contributed by atoms with Gasteiger partial charge in [-0.3, -0.25) is 0 Å². The second kappa shape index (κ2) is 16.0. The molecule has 0 fully saturated rings. The molecule has 0 radical (unpaired) electrons. The minimum atomic E-state index is -0.307. The molecule has 0 spiro atoms. The van der Waals surface area contributed by atoms with Gasteiger partial charge in [0.15, 0.2) is 7.28 Å². The van der Waals surface area contributed by atoms with E-state index in [2.05, 4.69) is 256 Å². The van der Waals surface area contributed by atoms with E-state index < -0.39 is 0 Å². The van der Waals surface area contributed by atoms with E-state index in [0.717, 1.165) is 37.2 Å². The lowest BCUT2D eigenvalue weighted by atomic mass is 9.57. The SMILES string of the molecule is CC(C)(C)c1ccc(Nc2cc3c(cc2-c2c4c(c5c6cc7c(cc6n6c5c2Bc2cc5c(cc2-6)C(c2ccccc2)C(c2ccccc2)O5)C(C)(C)CCC7(C)C)C(C)(C)c2ccccc2-4)-c2ccccc2C3(C)C)cc1. The zero-order chi connectivity index (χ0) is 53.6. The predicted molar refractivity (Wildman–Crippen MR) is 330 cm³/mol. The van der Waals surface area contributed by atoms with Crippen LogP contribution in [0, 0.1) is 0 Å². The molecule has 9 aromatic carbocycles. The van der Waals surface area contributed by atoms with Crippen LogP contribution in [-0.2, 0) is 27.1 Å². The fourth-order valence-corrected chi connectivity index (χ4v) is 15.5. The number of hydrogen-bond donors (Lipinski definition) is 1. The quantitative estimate of drug-likeness (QED) is 0.174. The van der Waals surface area contributed by atoms with E-state index in [1.807, 2.05) is 0 Å². The number of nitrogens with one attached hydrogen (secondary N) is 1. The summed E-state index contributed by atoms with van der Waals surface area (Å²) >= 11 is 0. The molecule has 0 amide bonds. The monoisotopic (exact) mass is 1010 g/mol. The molecular weight excluding hydrogens is 944 g/mol. The Morgan fingerprint density at radius 1 is 0.551 bits per heavy atom. The van der Waals surface area contributed by atoms with Gasteiger partial charge in [0.05, 0.1) is 11.4 Å². The maximum atomic E-state index is 7.34. The minimum absolute atomic E-state index is 0.0198. The highest BCUT2D eigenvalue weighted by Crippen LogP contribution is 2.60. The summed E-state index contributed by atoms with van der Waals surface area (Å²) in [6, 6.07) is 65.2. The van der Waals surface area contributed by atoms with Crippen LogP contribution in [0.15, 0.2) is 170 Å². The molecule has 384 valence electrons. The Kier molecular flexibility index (Phi) is 9.79. The van der Waals surface area contributed by atoms with Gasteiger partial charge >= 0.3 is 0 Å². The molecule has 1 N–H and O–H groups in total. The third kappa shape index (κ3) is 6.58. The standard InChI is InChI=1S/C74H69BN2O/c1-70(2,3)44-30-32-45(33-31-44)76-58-39-54-48(46-26-18-20-28-52(46)73(54,8)9)36-49(58)64-63-47-27-19-21-29-53(47)74(10,11)66(63)65-50-37-55-56(72(6,7)35-34-71(55,4)5)40-59(50)77-60-38-51-61(41-57(60)75-67(64)68(65)77)78-69(43-24-16-13-17-25-43)62(51)42-22-14-12-15-23-42/h12-33,36-41,62,69,75-76H,34-35H2,1-11H3. The Balaban J connectivity index is 1.10. The van der Waals surface area contributed by atoms with E-state index >= 15 is 0 Å². The summed E-state index contributed by atoms with van der Waals surface area (Å²) in [4.78, 5) is 0. The van der Waals surface area contributed by atoms with Crippen molar-refractivity contribution in [3.8, 4) is 44.8 Å². The number of hydrogen-bond acceptors (Lipinski definition) is 2. The third-order valence-corrected chi connectivity index (χ3v) is 19.8. The van der Waals surface area contributed by atoms with E-state index in [-0.39, 0.29) is 39.1 Å². The van der Waals surface area contributed by atoms with Gasteiger partial charge < -0.3 is 14.6 Å². The topological polar surface area (TPSA) is 26.2 Å². The van der Waals surface area contributed by atoms with Crippen molar-refractivity contribution < 1.29 is 4.74 Å². The Morgan fingerprint density at radius 2 is 1.17 bits per heavy atom. The van der Waals surface area contributed by atoms with Crippen LogP contribution < -0.4 is 21.0 Å². The molecule has 0 bridgehead atoms. The third-order valence-electron chi connectivity index (χ3n) is 19.8. The number of rotatable bonds is 5. The van der Waals surface area contributed by atoms with E-state index in [1.165, 1.54) is 127 Å². The van der Waals surface area contributed by atoms with E-state index in [1.54, 1.807) is 0 Å². The number of anilines is 2. The van der Waals surface area contributed by atoms with Crippen molar-refractivity contribution in [2.45, 2.75) is 128 Å². The molecule has 78 heavy (non-hydrogen) atoms. The average molecular weight is 1010 g/mol. The molecule has 4 heteroatoms. The zero-order valence-electron chi connectivity index (χ0n) is 47.3. The van der Waals surface area contributed by atoms with Crippen LogP contribution in [0.4, 0.5) is 11.4 Å². The second-order valence-corrected chi connectivity index (χ2v) is 27.1. The average Bonchev–Trinajstić information content (AvgIpc) is 2.93. The van der Waals surface area contributed by atoms with Crippen molar-refractivity contribution in [3.63, 3.8) is 0 Å². The molecular formula is C74H69BN2O. The number of aromatic nitrogens is 1. The summed E-state index contributed by atoms with van der Waals surface area (Å²) < 4.78 is 10.1. The van der Waals surface area contributed by atoms with Gasteiger partial charge in [-0.25, -0.2) is 0 Å². The highest BCUT2D eigenvalue weighted by Gasteiger charge is 2.47. The summed E-state index contributed by atoms with van der Waals surface area (Å²) in [5.41, 5.74) is 30.0. The number of fused-ring (bicyclic) bond motifs is 14. The van der Waals surface area contributed by atoms with E-state index in [4.69, 9.17) is 4.74 Å². The molecule has 3 aliphatic carbocycles. The Morgan fingerprint density at radius 3 is 1.85 bits per heavy atom. The lowest BCUT2D eigenvalue weighted by Gasteiger charge is -2.42. The van der Waals surface area contributed by atoms with Crippen molar-refractivity contribution in [3.05, 3.63) is 225 Å². The largest absolute Gasteiger partial charge is 0.484 e. The first kappa shape index (κ1) is 47.6. The molecule has 10 aromatic rings. The van der Waals surface area contributed by atoms with E-state index in [9.17, 15) is 0 Å². The van der Waals surface area contributed by atoms with Gasteiger partial charge in [-0.05, 0) is 161 Å². The normalized spacial score (nSPS) is 19.0. The number of ether oxygens (including phenoxy) is 1. The molecule has 15 rings (SSSR count). The summed E-state index contributed by atoms with van der Waals surface area (Å²) in [6.07, 6.45) is 2.15. The van der Waals surface area contributed by atoms with Crippen molar-refractivity contribution in [1.82, 2.24) is 4.57 Å². The Bertz CT molecular complexity index is 4200. The first-order chi connectivity index (χ1) is 37.3. The predicted octanol–water partition coefficient (Wildman–Crippen LogP) is 17.4. The summed E-state index contributed by atoms with van der Waals surface area (Å²) in [6.45, 7) is 26.7. The lowest BCUT2D eigenvalue weighted by Crippen LogP contribution is -2.38. The molecule has 1 aromatic heterocycles. The summed E-state index contributed by atoms with van der Waals surface area (Å²) in [5.74, 6) is 1.01. The van der Waals surface area contributed by atoms with Gasteiger partial charge in [-0.15, -0.1) is 0 Å². The summed E-state index contributed by atoms with van der Waals surface area (Å²) in [5, 5.41) is 6.94. The molecule has 3 nitrogen and oxygen atoms in total. The lowest BCUT2D eigenvalue weighted by molar-refractivity contribution is 0.222. The summed E-state index contributed by atoms with van der Waals surface area (Å²) in [7, 11) is 0.756. The number of nitrogens with zero attached hydrogens (tertiary/aromatic N) is 1. The van der Waals surface area contributed by atoms with Gasteiger partial charge in [0.1, 0.15) is 11.9 Å². The van der Waals surface area contributed by atoms with Crippen LogP contribution in [0.25, 0.3) is 60.9 Å². The maximum Gasteiger partial charge on any atom is 0.198 e. The van der Waals surface area contributed by atoms with Gasteiger partial charge in [0.25, 0.3) is 0 Å². The maximum absolute atomic E-state index is 7.34. The van der Waals surface area contributed by atoms with Gasteiger partial charge in [-0.2, -0.15) is 0 Å². The minimum Gasteiger partial charge on any atom is -0.484 e. The molecule has 2 atom stereocenters. The molecule has 0 saturated carbocycles. The van der Waals surface area contributed by atoms with Crippen LogP contribution in [0.5, 0.6) is 5.75 Å². The highest BCUT2D eigenvalue weighted by atomic mass is 16.5. The van der Waals surface area contributed by atoms with Crippen molar-refractivity contribution in [1.29, 1.82) is 0 Å². The second-order valence-electron chi connectivity index (χ2n) is 27.1. The smallest absolute Gasteiger partial charge is 0.198 e. The Labute approximate surface area is 462 Å². The van der Waals surface area contributed by atoms with Gasteiger partial charge in [0, 0.05) is 55.3 Å². The molecule has 2 aliphatic heterocycles. The van der Waals surface area contributed by atoms with Crippen LogP contribution in [0.1, 0.15) is 157 Å². The fourth-order valence-electron chi connectivity index (χ4n) is 15.5. The number of benzene rings is 9. The highest BCUT2D eigenvalue weighted by molar-refractivity contribution is 6.74. The van der Waals surface area contributed by atoms with Crippen molar-refractivity contribution in [2.75, 3.05) is 5.32 Å². The van der Waals surface area contributed by atoms with E-state index in [0.29, 0.717) is 0 Å². The zero-order valence-corrected chi connectivity index (χ0v) is 47.3. The van der Waals surface area contributed by atoms with Crippen LogP contribution >= 0.6 is 0 Å². The van der Waals surface area contributed by atoms with Crippen LogP contribution in [0.3, 0.4) is 0 Å². The molecule has 3 heterocycles. The van der Waals surface area contributed by atoms with Gasteiger partial charge in [-0.1, -0.05) is 203 Å². The van der Waals surface area contributed by atoms with Crippen molar-refractivity contribution >= 4 is 51.4 Å². The first-order valence-corrected chi connectivity index (χ1v) is 28.7. The van der Waals surface area contributed by atoms with Crippen LogP contribution in [0.2, 0.25) is 0 Å². The first-order valence-electron chi connectivity index (χ1n) is 28.7. The molecule has 2 unspecified atom stereocenters. The van der Waals surface area contributed by atoms with Gasteiger partial charge in [0.2, 0.25) is 0 Å². The van der Waals surface area contributed by atoms with Crippen LogP contribution in [-0.4, -0.2) is 11.8 Å². The Hall–Kier alpha value is -7.56. The van der Waals surface area contributed by atoms with Crippen molar-refractivity contribution in [2.24, 2.45) is 0 Å². The molecule has 0 saturated heterocycles. The fraction of sp³-hybridized carbons (Fsp3) is 0.270. The molecule has 5 aliphatic rings.